The first-order valence-corrected chi connectivity index (χ1v) is 8.53. The summed E-state index contributed by atoms with van der Waals surface area (Å²) in [6, 6.07) is 14.1. The van der Waals surface area contributed by atoms with E-state index in [1.54, 1.807) is 6.92 Å². The minimum absolute atomic E-state index is 0.0808. The topological polar surface area (TPSA) is 41.6 Å². The largest absolute Gasteiger partial charge is 0.494 e. The molecular weight excluding hydrogens is 300 g/mol. The van der Waals surface area contributed by atoms with Crippen LogP contribution in [0.15, 0.2) is 42.5 Å². The van der Waals surface area contributed by atoms with Crippen molar-refractivity contribution >= 4 is 17.2 Å². The second-order valence-electron chi connectivity index (χ2n) is 6.03. The summed E-state index contributed by atoms with van der Waals surface area (Å²) in [5.41, 5.74) is 4.15. The lowest BCUT2D eigenvalue weighted by Gasteiger charge is -2.25. The minimum Gasteiger partial charge on any atom is -0.494 e. The fourth-order valence-electron chi connectivity index (χ4n) is 3.10. The van der Waals surface area contributed by atoms with Crippen molar-refractivity contribution in [3.05, 3.63) is 53.6 Å². The maximum absolute atomic E-state index is 11.7. The SMILES string of the molecule is CCOc1ccc(C(C)=O)cc1CN1CCCNc2ccccc21. The molecule has 2 aromatic carbocycles. The molecule has 0 aromatic heterocycles. The van der Waals surface area contributed by atoms with Crippen molar-refractivity contribution in [1.29, 1.82) is 0 Å². The Kier molecular flexibility index (Phi) is 5.04. The number of hydrogen-bond acceptors (Lipinski definition) is 4. The lowest BCUT2D eigenvalue weighted by molar-refractivity contribution is 0.101. The van der Waals surface area contributed by atoms with Gasteiger partial charge in [0, 0.05) is 30.8 Å². The number of carbonyl (C=O) groups excluding carboxylic acids is 1. The number of rotatable bonds is 5. The van der Waals surface area contributed by atoms with E-state index in [0.29, 0.717) is 6.61 Å². The smallest absolute Gasteiger partial charge is 0.159 e. The van der Waals surface area contributed by atoms with Gasteiger partial charge in [0.1, 0.15) is 5.75 Å². The molecule has 0 saturated heterocycles. The van der Waals surface area contributed by atoms with Crippen molar-refractivity contribution in [2.24, 2.45) is 0 Å². The van der Waals surface area contributed by atoms with Gasteiger partial charge in [-0.15, -0.1) is 0 Å². The fourth-order valence-corrected chi connectivity index (χ4v) is 3.10. The molecule has 0 bridgehead atoms. The van der Waals surface area contributed by atoms with Gasteiger partial charge >= 0.3 is 0 Å². The number of fused-ring (bicyclic) bond motifs is 1. The highest BCUT2D eigenvalue weighted by atomic mass is 16.5. The van der Waals surface area contributed by atoms with Crippen LogP contribution in [0.3, 0.4) is 0 Å². The highest BCUT2D eigenvalue weighted by Crippen LogP contribution is 2.31. The van der Waals surface area contributed by atoms with Gasteiger partial charge in [-0.25, -0.2) is 0 Å². The van der Waals surface area contributed by atoms with Crippen LogP contribution in [-0.2, 0) is 6.54 Å². The van der Waals surface area contributed by atoms with Gasteiger partial charge in [0.05, 0.1) is 18.0 Å². The van der Waals surface area contributed by atoms with E-state index in [2.05, 4.69) is 34.5 Å². The molecule has 1 N–H and O–H groups in total. The number of nitrogens with one attached hydrogen (secondary N) is 1. The van der Waals surface area contributed by atoms with Crippen LogP contribution in [-0.4, -0.2) is 25.5 Å². The zero-order valence-corrected chi connectivity index (χ0v) is 14.3. The molecular formula is C20H24N2O2. The lowest BCUT2D eigenvalue weighted by Crippen LogP contribution is -2.23. The summed E-state index contributed by atoms with van der Waals surface area (Å²) in [6.07, 6.45) is 1.07. The van der Waals surface area contributed by atoms with Crippen LogP contribution in [0.4, 0.5) is 11.4 Å². The highest BCUT2D eigenvalue weighted by Gasteiger charge is 2.17. The molecule has 126 valence electrons. The van der Waals surface area contributed by atoms with Gasteiger partial charge in [0.15, 0.2) is 5.78 Å². The van der Waals surface area contributed by atoms with E-state index in [9.17, 15) is 4.79 Å². The van der Waals surface area contributed by atoms with Gasteiger partial charge in [-0.3, -0.25) is 4.79 Å². The Hall–Kier alpha value is -2.49. The Bertz CT molecular complexity index is 727. The fraction of sp³-hybridized carbons (Fsp3) is 0.350. The van der Waals surface area contributed by atoms with E-state index in [4.69, 9.17) is 4.74 Å². The Morgan fingerprint density at radius 1 is 1.25 bits per heavy atom. The summed E-state index contributed by atoms with van der Waals surface area (Å²) >= 11 is 0. The van der Waals surface area contributed by atoms with E-state index in [1.807, 2.05) is 25.1 Å². The van der Waals surface area contributed by atoms with Crippen LogP contribution in [0.5, 0.6) is 5.75 Å². The number of ketones is 1. The van der Waals surface area contributed by atoms with Crippen LogP contribution < -0.4 is 15.0 Å². The van der Waals surface area contributed by atoms with Crippen LogP contribution in [0, 0.1) is 0 Å². The van der Waals surface area contributed by atoms with Crippen LogP contribution >= 0.6 is 0 Å². The maximum atomic E-state index is 11.7. The summed E-state index contributed by atoms with van der Waals surface area (Å²) < 4.78 is 5.78. The molecule has 4 heteroatoms. The summed E-state index contributed by atoms with van der Waals surface area (Å²) in [5, 5.41) is 3.48. The molecule has 1 aliphatic rings. The number of Topliss-reactive ketones (excluding diaryl/α,β-unsaturated/α-hetero) is 1. The molecule has 0 amide bonds. The first-order chi connectivity index (χ1) is 11.7. The second kappa shape index (κ2) is 7.39. The molecule has 3 rings (SSSR count). The summed E-state index contributed by atoms with van der Waals surface area (Å²) in [7, 11) is 0. The number of anilines is 2. The Morgan fingerprint density at radius 2 is 2.08 bits per heavy atom. The molecule has 1 heterocycles. The zero-order valence-electron chi connectivity index (χ0n) is 14.3. The lowest BCUT2D eigenvalue weighted by atomic mass is 10.1. The Morgan fingerprint density at radius 3 is 2.88 bits per heavy atom. The molecule has 2 aromatic rings. The van der Waals surface area contributed by atoms with Gasteiger partial charge < -0.3 is 15.0 Å². The molecule has 0 unspecified atom stereocenters. The van der Waals surface area contributed by atoms with Crippen molar-refractivity contribution < 1.29 is 9.53 Å². The Labute approximate surface area is 143 Å². The predicted molar refractivity (Wildman–Crippen MR) is 98.2 cm³/mol. The van der Waals surface area contributed by atoms with Gasteiger partial charge in [-0.1, -0.05) is 12.1 Å². The van der Waals surface area contributed by atoms with E-state index in [-0.39, 0.29) is 5.78 Å². The standard InChI is InChI=1S/C20H24N2O2/c1-3-24-20-10-9-16(15(2)23)13-17(20)14-22-12-6-11-21-18-7-4-5-8-19(18)22/h4-5,7-10,13,21H,3,6,11-12,14H2,1-2H3. The quantitative estimate of drug-likeness (QED) is 0.841. The van der Waals surface area contributed by atoms with Gasteiger partial charge in [-0.05, 0) is 50.6 Å². The summed E-state index contributed by atoms with van der Waals surface area (Å²) in [6.45, 7) is 6.87. The van der Waals surface area contributed by atoms with Crippen LogP contribution in [0.25, 0.3) is 0 Å². The second-order valence-corrected chi connectivity index (χ2v) is 6.03. The monoisotopic (exact) mass is 324 g/mol. The van der Waals surface area contributed by atoms with Crippen molar-refractivity contribution in [3.63, 3.8) is 0 Å². The normalized spacial score (nSPS) is 13.7. The van der Waals surface area contributed by atoms with Crippen LogP contribution in [0.1, 0.15) is 36.2 Å². The predicted octanol–water partition coefficient (Wildman–Crippen LogP) is 4.11. The van der Waals surface area contributed by atoms with E-state index in [0.717, 1.165) is 48.6 Å². The maximum Gasteiger partial charge on any atom is 0.159 e. The minimum atomic E-state index is 0.0808. The van der Waals surface area contributed by atoms with Crippen molar-refractivity contribution in [3.8, 4) is 5.75 Å². The number of para-hydroxylation sites is 2. The molecule has 24 heavy (non-hydrogen) atoms. The van der Waals surface area contributed by atoms with Crippen molar-refractivity contribution in [1.82, 2.24) is 0 Å². The molecule has 0 atom stereocenters. The molecule has 4 nitrogen and oxygen atoms in total. The third kappa shape index (κ3) is 3.53. The molecule has 0 radical (unpaired) electrons. The van der Waals surface area contributed by atoms with Crippen molar-refractivity contribution in [2.75, 3.05) is 29.9 Å². The van der Waals surface area contributed by atoms with E-state index in [1.165, 1.54) is 5.69 Å². The average molecular weight is 324 g/mol. The van der Waals surface area contributed by atoms with Gasteiger partial charge in [-0.2, -0.15) is 0 Å². The number of nitrogens with zero attached hydrogens (tertiary/aromatic N) is 1. The molecule has 0 fully saturated rings. The van der Waals surface area contributed by atoms with Crippen LogP contribution in [0.2, 0.25) is 0 Å². The number of benzene rings is 2. The van der Waals surface area contributed by atoms with E-state index < -0.39 is 0 Å². The number of carbonyl (C=O) groups is 1. The molecule has 0 aliphatic carbocycles. The highest BCUT2D eigenvalue weighted by molar-refractivity contribution is 5.94. The summed E-state index contributed by atoms with van der Waals surface area (Å²) in [4.78, 5) is 14.1. The Balaban J connectivity index is 1.95. The number of hydrogen-bond donors (Lipinski definition) is 1. The first kappa shape index (κ1) is 16.4. The molecule has 1 aliphatic heterocycles. The van der Waals surface area contributed by atoms with Gasteiger partial charge in [0.25, 0.3) is 0 Å². The zero-order chi connectivity index (χ0) is 16.9. The van der Waals surface area contributed by atoms with E-state index >= 15 is 0 Å². The van der Waals surface area contributed by atoms with Crippen molar-refractivity contribution in [2.45, 2.75) is 26.8 Å². The molecule has 0 saturated carbocycles. The third-order valence-corrected chi connectivity index (χ3v) is 4.29. The van der Waals surface area contributed by atoms with Gasteiger partial charge in [0.2, 0.25) is 0 Å². The summed E-state index contributed by atoms with van der Waals surface area (Å²) in [5.74, 6) is 0.939. The first-order valence-electron chi connectivity index (χ1n) is 8.53. The molecule has 0 spiro atoms. The third-order valence-electron chi connectivity index (χ3n) is 4.29. The average Bonchev–Trinajstić information content (AvgIpc) is 2.79. The number of ether oxygens (including phenoxy) is 1.